The van der Waals surface area contributed by atoms with Crippen LogP contribution in [0.3, 0.4) is 0 Å². The zero-order valence-corrected chi connectivity index (χ0v) is 7.04. The number of hydrogen-bond acceptors (Lipinski definition) is 4. The lowest BCUT2D eigenvalue weighted by Crippen LogP contribution is -2.36. The zero-order chi connectivity index (χ0) is 9.03. The third-order valence-electron chi connectivity index (χ3n) is 1.72. The highest BCUT2D eigenvalue weighted by atomic mass is 16.8. The maximum atomic E-state index is 10.9. The summed E-state index contributed by atoms with van der Waals surface area (Å²) in [5, 5.41) is 0. The van der Waals surface area contributed by atoms with Gasteiger partial charge in [-0.1, -0.05) is 13.5 Å². The molecule has 1 atom stereocenters. The molecule has 0 aliphatic carbocycles. The van der Waals surface area contributed by atoms with Crippen molar-refractivity contribution in [3.05, 3.63) is 12.7 Å². The van der Waals surface area contributed by atoms with Crippen LogP contribution >= 0.6 is 0 Å². The summed E-state index contributed by atoms with van der Waals surface area (Å²) in [6, 6.07) is 0. The number of carbonyl (C=O) groups is 1. The molecule has 0 aromatic rings. The molecule has 1 unspecified atom stereocenters. The van der Waals surface area contributed by atoms with Crippen molar-refractivity contribution in [3.63, 3.8) is 0 Å². The SMILES string of the molecule is C=CC(=O)OC1(CC)COCO1. The second kappa shape index (κ2) is 3.69. The number of hydrogen-bond donors (Lipinski definition) is 0. The van der Waals surface area contributed by atoms with Crippen molar-refractivity contribution < 1.29 is 19.0 Å². The smallest absolute Gasteiger partial charge is 0.332 e. The largest absolute Gasteiger partial charge is 0.427 e. The first-order valence-corrected chi connectivity index (χ1v) is 3.79. The first-order valence-electron chi connectivity index (χ1n) is 3.79. The van der Waals surface area contributed by atoms with E-state index in [1.54, 1.807) is 0 Å². The average molecular weight is 172 g/mol. The molecule has 0 saturated carbocycles. The second-order valence-electron chi connectivity index (χ2n) is 2.50. The molecule has 0 spiro atoms. The molecule has 4 heteroatoms. The summed E-state index contributed by atoms with van der Waals surface area (Å²) >= 11 is 0. The van der Waals surface area contributed by atoms with E-state index in [1.807, 2.05) is 6.92 Å². The van der Waals surface area contributed by atoms with Crippen LogP contribution in [0.25, 0.3) is 0 Å². The van der Waals surface area contributed by atoms with Gasteiger partial charge in [0.2, 0.25) is 5.79 Å². The van der Waals surface area contributed by atoms with Gasteiger partial charge >= 0.3 is 5.97 Å². The van der Waals surface area contributed by atoms with E-state index in [4.69, 9.17) is 14.2 Å². The van der Waals surface area contributed by atoms with Gasteiger partial charge in [0, 0.05) is 12.5 Å². The van der Waals surface area contributed by atoms with Crippen LogP contribution in [0.5, 0.6) is 0 Å². The molecule has 1 saturated heterocycles. The molecular weight excluding hydrogens is 160 g/mol. The minimum atomic E-state index is -0.884. The Morgan fingerprint density at radius 3 is 3.00 bits per heavy atom. The van der Waals surface area contributed by atoms with Crippen LogP contribution in [0, 0.1) is 0 Å². The second-order valence-corrected chi connectivity index (χ2v) is 2.50. The van der Waals surface area contributed by atoms with Gasteiger partial charge in [0.15, 0.2) is 6.79 Å². The average Bonchev–Trinajstić information content (AvgIpc) is 2.54. The van der Waals surface area contributed by atoms with Crippen molar-refractivity contribution in [2.75, 3.05) is 13.4 Å². The Morgan fingerprint density at radius 1 is 1.83 bits per heavy atom. The highest BCUT2D eigenvalue weighted by Gasteiger charge is 2.37. The first kappa shape index (κ1) is 9.22. The van der Waals surface area contributed by atoms with E-state index in [0.717, 1.165) is 6.08 Å². The molecule has 1 aliphatic heterocycles. The summed E-state index contributed by atoms with van der Waals surface area (Å²) in [7, 11) is 0. The fourth-order valence-electron chi connectivity index (χ4n) is 0.948. The van der Waals surface area contributed by atoms with Crippen LogP contribution in [0.4, 0.5) is 0 Å². The Morgan fingerprint density at radius 2 is 2.58 bits per heavy atom. The summed E-state index contributed by atoms with van der Waals surface area (Å²) < 4.78 is 15.1. The fraction of sp³-hybridized carbons (Fsp3) is 0.625. The molecule has 1 aliphatic rings. The lowest BCUT2D eigenvalue weighted by atomic mass is 10.2. The number of rotatable bonds is 3. The minimum absolute atomic E-state index is 0.179. The Balaban J connectivity index is 2.54. The van der Waals surface area contributed by atoms with E-state index in [0.29, 0.717) is 13.0 Å². The highest BCUT2D eigenvalue weighted by Crippen LogP contribution is 2.23. The molecule has 0 bridgehead atoms. The summed E-state index contributed by atoms with van der Waals surface area (Å²) in [5.74, 6) is -1.37. The summed E-state index contributed by atoms with van der Waals surface area (Å²) in [4.78, 5) is 10.9. The predicted octanol–water partition coefficient (Wildman–Crippen LogP) is 0.826. The van der Waals surface area contributed by atoms with Crippen molar-refractivity contribution in [3.8, 4) is 0 Å². The lowest BCUT2D eigenvalue weighted by Gasteiger charge is -2.23. The van der Waals surface area contributed by atoms with Crippen LogP contribution in [0.2, 0.25) is 0 Å². The lowest BCUT2D eigenvalue weighted by molar-refractivity contribution is -0.204. The number of carbonyl (C=O) groups excluding carboxylic acids is 1. The van der Waals surface area contributed by atoms with E-state index < -0.39 is 11.8 Å². The molecule has 0 aromatic heterocycles. The Kier molecular flexibility index (Phi) is 2.83. The quantitative estimate of drug-likeness (QED) is 0.467. The zero-order valence-electron chi connectivity index (χ0n) is 7.04. The van der Waals surface area contributed by atoms with Gasteiger partial charge < -0.3 is 14.2 Å². The van der Waals surface area contributed by atoms with Crippen molar-refractivity contribution >= 4 is 5.97 Å². The van der Waals surface area contributed by atoms with Gasteiger partial charge in [-0.3, -0.25) is 0 Å². The highest BCUT2D eigenvalue weighted by molar-refractivity contribution is 5.81. The van der Waals surface area contributed by atoms with E-state index in [2.05, 4.69) is 6.58 Å². The molecule has 0 aromatic carbocycles. The van der Waals surface area contributed by atoms with Crippen molar-refractivity contribution in [1.29, 1.82) is 0 Å². The van der Waals surface area contributed by atoms with E-state index in [-0.39, 0.29) is 6.79 Å². The van der Waals surface area contributed by atoms with Crippen molar-refractivity contribution in [1.82, 2.24) is 0 Å². The standard InChI is InChI=1S/C8H12O4/c1-3-7(9)12-8(4-2)5-10-6-11-8/h3H,1,4-6H2,2H3. The van der Waals surface area contributed by atoms with Gasteiger partial charge in [-0.25, -0.2) is 4.79 Å². The van der Waals surface area contributed by atoms with Crippen LogP contribution in [-0.2, 0) is 19.0 Å². The van der Waals surface area contributed by atoms with E-state index in [9.17, 15) is 4.79 Å². The van der Waals surface area contributed by atoms with E-state index >= 15 is 0 Å². The van der Waals surface area contributed by atoms with Gasteiger partial charge in [-0.05, 0) is 0 Å². The van der Waals surface area contributed by atoms with Crippen LogP contribution in [-0.4, -0.2) is 25.2 Å². The third-order valence-corrected chi connectivity index (χ3v) is 1.72. The maximum Gasteiger partial charge on any atom is 0.332 e. The molecule has 0 radical (unpaired) electrons. The van der Waals surface area contributed by atoms with Gasteiger partial charge in [-0.2, -0.15) is 0 Å². The van der Waals surface area contributed by atoms with Crippen LogP contribution in [0.15, 0.2) is 12.7 Å². The van der Waals surface area contributed by atoms with Gasteiger partial charge in [-0.15, -0.1) is 0 Å². The third kappa shape index (κ3) is 1.84. The monoisotopic (exact) mass is 172 g/mol. The molecular formula is C8H12O4. The molecule has 1 fully saturated rings. The fourth-order valence-corrected chi connectivity index (χ4v) is 0.948. The van der Waals surface area contributed by atoms with Gasteiger partial charge in [0.05, 0.1) is 0 Å². The molecule has 1 rings (SSSR count). The molecule has 1 heterocycles. The molecule has 68 valence electrons. The Bertz CT molecular complexity index is 181. The van der Waals surface area contributed by atoms with Crippen molar-refractivity contribution in [2.45, 2.75) is 19.1 Å². The molecule has 0 amide bonds. The predicted molar refractivity (Wildman–Crippen MR) is 41.2 cm³/mol. The topological polar surface area (TPSA) is 44.8 Å². The Hall–Kier alpha value is -0.870. The summed E-state index contributed by atoms with van der Waals surface area (Å²) in [6.07, 6.45) is 1.69. The summed E-state index contributed by atoms with van der Waals surface area (Å²) in [5.41, 5.74) is 0. The van der Waals surface area contributed by atoms with Gasteiger partial charge in [0.25, 0.3) is 0 Å². The summed E-state index contributed by atoms with van der Waals surface area (Å²) in [6.45, 7) is 5.64. The van der Waals surface area contributed by atoms with Crippen LogP contribution < -0.4 is 0 Å². The van der Waals surface area contributed by atoms with Crippen molar-refractivity contribution in [2.24, 2.45) is 0 Å². The number of esters is 1. The molecule has 0 N–H and O–H groups in total. The van der Waals surface area contributed by atoms with E-state index in [1.165, 1.54) is 0 Å². The van der Waals surface area contributed by atoms with Crippen LogP contribution in [0.1, 0.15) is 13.3 Å². The minimum Gasteiger partial charge on any atom is -0.427 e. The number of ether oxygens (including phenoxy) is 3. The molecule has 4 nitrogen and oxygen atoms in total. The maximum absolute atomic E-state index is 10.9. The first-order chi connectivity index (χ1) is 5.72. The van der Waals surface area contributed by atoms with Gasteiger partial charge in [0.1, 0.15) is 6.61 Å². The molecule has 12 heavy (non-hydrogen) atoms. The normalized spacial score (nSPS) is 28.4. The Labute approximate surface area is 71.1 Å².